The quantitative estimate of drug-likeness (QED) is 0.439. The van der Waals surface area contributed by atoms with Crippen LogP contribution in [-0.4, -0.2) is 18.4 Å². The Morgan fingerprint density at radius 2 is 1.93 bits per heavy atom. The maximum atomic E-state index is 13.0. The summed E-state index contributed by atoms with van der Waals surface area (Å²) < 4.78 is 4.96. The van der Waals surface area contributed by atoms with Gasteiger partial charge in [-0.1, -0.05) is 39.3 Å². The number of carbonyl (C=O) groups excluding carboxylic acids is 2. The highest BCUT2D eigenvalue weighted by atomic mass is 16.5. The lowest BCUT2D eigenvalue weighted by Crippen LogP contribution is -2.70. The van der Waals surface area contributed by atoms with Gasteiger partial charge in [0.05, 0.1) is 0 Å². The standard InChI is InChI=1S/C25H36O3/c1-16(7-6-8-18-14-21(27)28-15-18)9-10-19-22-20(26)13-17(2)23(3)11-12-24(19,4)25(22,23)5/h7,14,17,19,22H,6,8-13,15H2,1-5H3/b16-7+/t17?,19?,22?,23-,24+,25+/m1/s1. The molecular formula is C25H36O3. The van der Waals surface area contributed by atoms with Gasteiger partial charge in [0.1, 0.15) is 12.4 Å². The van der Waals surface area contributed by atoms with Crippen molar-refractivity contribution in [3.63, 3.8) is 0 Å². The lowest BCUT2D eigenvalue weighted by molar-refractivity contribution is -0.238. The fraction of sp³-hybridized carbons (Fsp3) is 0.760. The molecule has 1 aliphatic heterocycles. The fourth-order valence-electron chi connectivity index (χ4n) is 7.64. The molecule has 3 unspecified atom stereocenters. The molecule has 0 saturated heterocycles. The molecule has 3 nitrogen and oxygen atoms in total. The number of hydrogen-bond acceptors (Lipinski definition) is 3. The van der Waals surface area contributed by atoms with Crippen LogP contribution in [-0.2, 0) is 14.3 Å². The normalized spacial score (nSPS) is 44.8. The molecule has 0 N–H and O–H groups in total. The smallest absolute Gasteiger partial charge is 0.331 e. The van der Waals surface area contributed by atoms with E-state index in [1.807, 2.05) is 0 Å². The highest BCUT2D eigenvalue weighted by Crippen LogP contribution is 2.82. The lowest BCUT2D eigenvalue weighted by atomic mass is 9.31. The molecule has 3 saturated carbocycles. The molecule has 0 aromatic carbocycles. The Labute approximate surface area is 170 Å². The van der Waals surface area contributed by atoms with Crippen molar-refractivity contribution in [1.82, 2.24) is 0 Å². The van der Waals surface area contributed by atoms with Gasteiger partial charge < -0.3 is 4.74 Å². The minimum atomic E-state index is -0.202. The molecular weight excluding hydrogens is 348 g/mol. The number of hydrogen-bond donors (Lipinski definition) is 0. The molecule has 4 rings (SSSR count). The Hall–Kier alpha value is -1.38. The topological polar surface area (TPSA) is 43.4 Å². The van der Waals surface area contributed by atoms with Gasteiger partial charge in [-0.25, -0.2) is 4.79 Å². The van der Waals surface area contributed by atoms with Crippen LogP contribution in [0.25, 0.3) is 0 Å². The number of allylic oxidation sites excluding steroid dienone is 2. The summed E-state index contributed by atoms with van der Waals surface area (Å²) in [6, 6.07) is 0. The molecule has 3 aliphatic carbocycles. The van der Waals surface area contributed by atoms with Crippen LogP contribution in [0.2, 0.25) is 0 Å². The van der Waals surface area contributed by atoms with E-state index in [1.54, 1.807) is 6.08 Å². The van der Waals surface area contributed by atoms with Gasteiger partial charge in [0.15, 0.2) is 0 Å². The van der Waals surface area contributed by atoms with Crippen LogP contribution in [0.15, 0.2) is 23.3 Å². The Bertz CT molecular complexity index is 762. The minimum Gasteiger partial charge on any atom is -0.458 e. The van der Waals surface area contributed by atoms with Crippen molar-refractivity contribution < 1.29 is 14.3 Å². The second kappa shape index (κ2) is 6.57. The van der Waals surface area contributed by atoms with E-state index in [0.717, 1.165) is 37.7 Å². The molecule has 6 atom stereocenters. The molecule has 154 valence electrons. The molecule has 3 fully saturated rings. The third-order valence-electron chi connectivity index (χ3n) is 9.85. The van der Waals surface area contributed by atoms with Crippen LogP contribution < -0.4 is 0 Å². The first-order valence-corrected chi connectivity index (χ1v) is 11.2. The first-order chi connectivity index (χ1) is 13.1. The van der Waals surface area contributed by atoms with Crippen molar-refractivity contribution in [3.8, 4) is 0 Å². The van der Waals surface area contributed by atoms with Crippen LogP contribution in [0.5, 0.6) is 0 Å². The summed E-state index contributed by atoms with van der Waals surface area (Å²) in [4.78, 5) is 24.1. The zero-order valence-corrected chi connectivity index (χ0v) is 18.3. The Morgan fingerprint density at radius 3 is 2.61 bits per heavy atom. The maximum absolute atomic E-state index is 13.0. The number of Topliss-reactive ketones (excluding diaryl/α,β-unsaturated/α-hetero) is 1. The number of rotatable bonds is 6. The third kappa shape index (κ3) is 2.53. The largest absolute Gasteiger partial charge is 0.458 e. The molecule has 4 aliphatic rings. The monoisotopic (exact) mass is 384 g/mol. The fourth-order valence-corrected chi connectivity index (χ4v) is 7.64. The SMILES string of the molecule is C/C(=C\CCC1=CC(=O)OC1)CCC1C2C(=O)CC(C)[C@@]3(C)CC[C@]1(C)[C@@]23C. The van der Waals surface area contributed by atoms with Crippen LogP contribution >= 0.6 is 0 Å². The van der Waals surface area contributed by atoms with E-state index in [0.29, 0.717) is 35.1 Å². The zero-order valence-electron chi connectivity index (χ0n) is 18.3. The van der Waals surface area contributed by atoms with Crippen LogP contribution in [0.1, 0.15) is 79.6 Å². The summed E-state index contributed by atoms with van der Waals surface area (Å²) in [6.45, 7) is 12.4. The number of ketones is 1. The summed E-state index contributed by atoms with van der Waals surface area (Å²) in [5, 5.41) is 0. The summed E-state index contributed by atoms with van der Waals surface area (Å²) >= 11 is 0. The van der Waals surface area contributed by atoms with E-state index in [-0.39, 0.29) is 17.3 Å². The molecule has 0 amide bonds. The summed E-state index contributed by atoms with van der Waals surface area (Å²) in [7, 11) is 0. The summed E-state index contributed by atoms with van der Waals surface area (Å²) in [6.07, 6.45) is 11.4. The molecule has 0 bridgehead atoms. The maximum Gasteiger partial charge on any atom is 0.331 e. The number of ether oxygens (including phenoxy) is 1. The zero-order chi connectivity index (χ0) is 20.3. The average molecular weight is 385 g/mol. The van der Waals surface area contributed by atoms with E-state index >= 15 is 0 Å². The summed E-state index contributed by atoms with van der Waals surface area (Å²) in [5.74, 6) is 1.68. The molecule has 0 spiro atoms. The first kappa shape index (κ1) is 19.9. The molecule has 0 radical (unpaired) electrons. The number of carbonyl (C=O) groups is 2. The van der Waals surface area contributed by atoms with Crippen molar-refractivity contribution in [2.75, 3.05) is 6.61 Å². The second-order valence-electron chi connectivity index (χ2n) is 10.7. The van der Waals surface area contributed by atoms with Gasteiger partial charge in [0.25, 0.3) is 0 Å². The first-order valence-electron chi connectivity index (χ1n) is 11.2. The van der Waals surface area contributed by atoms with Gasteiger partial charge in [-0.3, -0.25) is 4.79 Å². The Morgan fingerprint density at radius 1 is 1.21 bits per heavy atom. The Balaban J connectivity index is 1.39. The van der Waals surface area contributed by atoms with E-state index in [1.165, 1.54) is 18.4 Å². The molecule has 0 aromatic rings. The van der Waals surface area contributed by atoms with Crippen molar-refractivity contribution in [1.29, 1.82) is 0 Å². The minimum absolute atomic E-state index is 0.193. The molecule has 1 heterocycles. The molecule has 3 heteroatoms. The van der Waals surface area contributed by atoms with Crippen molar-refractivity contribution in [2.24, 2.45) is 34.0 Å². The third-order valence-corrected chi connectivity index (χ3v) is 9.85. The van der Waals surface area contributed by atoms with E-state index in [4.69, 9.17) is 4.74 Å². The lowest BCUT2D eigenvalue weighted by Gasteiger charge is -2.71. The number of cyclic esters (lactones) is 1. The van der Waals surface area contributed by atoms with Gasteiger partial charge in [-0.2, -0.15) is 0 Å². The second-order valence-corrected chi connectivity index (χ2v) is 10.7. The highest BCUT2D eigenvalue weighted by Gasteiger charge is 2.79. The van der Waals surface area contributed by atoms with Crippen LogP contribution in [0, 0.1) is 34.0 Å². The van der Waals surface area contributed by atoms with Gasteiger partial charge in [-0.05, 0) is 79.1 Å². The summed E-state index contributed by atoms with van der Waals surface area (Å²) in [5.41, 5.74) is 3.36. The number of esters is 1. The predicted molar refractivity (Wildman–Crippen MR) is 111 cm³/mol. The van der Waals surface area contributed by atoms with E-state index < -0.39 is 0 Å². The molecule has 28 heavy (non-hydrogen) atoms. The van der Waals surface area contributed by atoms with Gasteiger partial charge >= 0.3 is 5.97 Å². The van der Waals surface area contributed by atoms with Gasteiger partial charge in [0, 0.05) is 18.4 Å². The van der Waals surface area contributed by atoms with E-state index in [9.17, 15) is 9.59 Å². The van der Waals surface area contributed by atoms with E-state index in [2.05, 4.69) is 40.7 Å². The van der Waals surface area contributed by atoms with Crippen molar-refractivity contribution >= 4 is 11.8 Å². The van der Waals surface area contributed by atoms with Crippen LogP contribution in [0.4, 0.5) is 0 Å². The average Bonchev–Trinajstić information content (AvgIpc) is 3.12. The van der Waals surface area contributed by atoms with Crippen LogP contribution in [0.3, 0.4) is 0 Å². The molecule has 0 aromatic heterocycles. The van der Waals surface area contributed by atoms with Crippen molar-refractivity contribution in [3.05, 3.63) is 23.3 Å². The highest BCUT2D eigenvalue weighted by molar-refractivity contribution is 5.86. The van der Waals surface area contributed by atoms with Gasteiger partial charge in [-0.15, -0.1) is 0 Å². The van der Waals surface area contributed by atoms with Crippen molar-refractivity contribution in [2.45, 2.75) is 79.6 Å². The Kier molecular flexibility index (Phi) is 4.67. The predicted octanol–water partition coefficient (Wildman–Crippen LogP) is 5.64. The van der Waals surface area contributed by atoms with Gasteiger partial charge in [0.2, 0.25) is 0 Å².